The average molecular weight is 310 g/mol. The lowest BCUT2D eigenvalue weighted by Gasteiger charge is -2.30. The molecule has 0 aromatic carbocycles. The summed E-state index contributed by atoms with van der Waals surface area (Å²) < 4.78 is 4.99. The SMILES string of the molecule is CCOC(=O)Cc1csc(N(CC(C)C)C2CCCC2)n1. The predicted molar refractivity (Wildman–Crippen MR) is 86.9 cm³/mol. The van der Waals surface area contributed by atoms with E-state index in [9.17, 15) is 4.79 Å². The molecule has 1 aliphatic rings. The Balaban J connectivity index is 2.05. The molecule has 1 saturated carbocycles. The fraction of sp³-hybridized carbons (Fsp3) is 0.750. The van der Waals surface area contributed by atoms with E-state index in [1.165, 1.54) is 25.7 Å². The molecule has 0 N–H and O–H groups in total. The first-order valence-electron chi connectivity index (χ1n) is 7.96. The van der Waals surface area contributed by atoms with Crippen LogP contribution in [-0.2, 0) is 16.0 Å². The molecule has 0 saturated heterocycles. The minimum absolute atomic E-state index is 0.189. The van der Waals surface area contributed by atoms with Crippen LogP contribution in [0.25, 0.3) is 0 Å². The van der Waals surface area contributed by atoms with E-state index in [1.54, 1.807) is 11.3 Å². The van der Waals surface area contributed by atoms with Crippen LogP contribution in [0.2, 0.25) is 0 Å². The zero-order chi connectivity index (χ0) is 15.2. The van der Waals surface area contributed by atoms with Crippen molar-refractivity contribution in [1.29, 1.82) is 0 Å². The Morgan fingerprint density at radius 2 is 2.19 bits per heavy atom. The molecular weight excluding hydrogens is 284 g/mol. The van der Waals surface area contributed by atoms with Gasteiger partial charge in [0.1, 0.15) is 0 Å². The van der Waals surface area contributed by atoms with Gasteiger partial charge in [0.15, 0.2) is 5.13 Å². The Morgan fingerprint density at radius 3 is 2.81 bits per heavy atom. The van der Waals surface area contributed by atoms with Crippen molar-refractivity contribution in [3.8, 4) is 0 Å². The van der Waals surface area contributed by atoms with Crippen LogP contribution in [0.15, 0.2) is 5.38 Å². The molecule has 0 unspecified atom stereocenters. The maximum atomic E-state index is 11.6. The van der Waals surface area contributed by atoms with Gasteiger partial charge in [-0.15, -0.1) is 11.3 Å². The molecule has 1 fully saturated rings. The van der Waals surface area contributed by atoms with Gasteiger partial charge in [-0.25, -0.2) is 4.98 Å². The average Bonchev–Trinajstić information content (AvgIpc) is 3.07. The molecule has 0 radical (unpaired) electrons. The van der Waals surface area contributed by atoms with E-state index in [2.05, 4.69) is 23.7 Å². The number of carbonyl (C=O) groups is 1. The fourth-order valence-corrected chi connectivity index (χ4v) is 3.77. The number of aromatic nitrogens is 1. The smallest absolute Gasteiger partial charge is 0.311 e. The summed E-state index contributed by atoms with van der Waals surface area (Å²) in [4.78, 5) is 18.7. The standard InChI is InChI=1S/C16H26N2O2S/c1-4-20-15(19)9-13-11-21-16(17-13)18(10-12(2)3)14-7-5-6-8-14/h11-12,14H,4-10H2,1-3H3. The van der Waals surface area contributed by atoms with Gasteiger partial charge in [-0.3, -0.25) is 4.79 Å². The molecule has 0 bridgehead atoms. The number of hydrogen-bond acceptors (Lipinski definition) is 5. The minimum atomic E-state index is -0.189. The highest BCUT2D eigenvalue weighted by atomic mass is 32.1. The fourth-order valence-electron chi connectivity index (χ4n) is 2.86. The maximum Gasteiger partial charge on any atom is 0.311 e. The number of carbonyl (C=O) groups excluding carboxylic acids is 1. The van der Waals surface area contributed by atoms with E-state index in [-0.39, 0.29) is 12.4 Å². The Hall–Kier alpha value is -1.10. The molecule has 1 aromatic heterocycles. The van der Waals surface area contributed by atoms with E-state index in [4.69, 9.17) is 4.74 Å². The van der Waals surface area contributed by atoms with Crippen molar-refractivity contribution < 1.29 is 9.53 Å². The lowest BCUT2D eigenvalue weighted by Crippen LogP contribution is -2.36. The quantitative estimate of drug-likeness (QED) is 0.721. The molecule has 118 valence electrons. The zero-order valence-electron chi connectivity index (χ0n) is 13.3. The van der Waals surface area contributed by atoms with Crippen LogP contribution in [0, 0.1) is 5.92 Å². The monoisotopic (exact) mass is 310 g/mol. The van der Waals surface area contributed by atoms with Crippen LogP contribution in [0.4, 0.5) is 5.13 Å². The lowest BCUT2D eigenvalue weighted by molar-refractivity contribution is -0.142. The Kier molecular flexibility index (Phi) is 6.03. The van der Waals surface area contributed by atoms with Crippen LogP contribution in [0.1, 0.15) is 52.1 Å². The molecule has 0 amide bonds. The molecule has 1 aromatic rings. The highest BCUT2D eigenvalue weighted by molar-refractivity contribution is 7.13. The first kappa shape index (κ1) is 16.3. The third kappa shape index (κ3) is 4.70. The highest BCUT2D eigenvalue weighted by Gasteiger charge is 2.25. The predicted octanol–water partition coefficient (Wildman–Crippen LogP) is 3.65. The number of nitrogens with zero attached hydrogens (tertiary/aromatic N) is 2. The first-order valence-corrected chi connectivity index (χ1v) is 8.84. The van der Waals surface area contributed by atoms with E-state index in [0.717, 1.165) is 17.4 Å². The molecule has 4 nitrogen and oxygen atoms in total. The summed E-state index contributed by atoms with van der Waals surface area (Å²) in [6.07, 6.45) is 5.45. The number of thiazole rings is 1. The lowest BCUT2D eigenvalue weighted by atomic mass is 10.1. The van der Waals surface area contributed by atoms with Gasteiger partial charge >= 0.3 is 5.97 Å². The van der Waals surface area contributed by atoms with Gasteiger partial charge in [0.05, 0.1) is 18.7 Å². The van der Waals surface area contributed by atoms with Crippen LogP contribution >= 0.6 is 11.3 Å². The Morgan fingerprint density at radius 1 is 1.48 bits per heavy atom. The first-order chi connectivity index (χ1) is 10.1. The van der Waals surface area contributed by atoms with Crippen molar-refractivity contribution in [2.75, 3.05) is 18.1 Å². The van der Waals surface area contributed by atoms with Crippen molar-refractivity contribution in [1.82, 2.24) is 4.98 Å². The molecule has 0 atom stereocenters. The van der Waals surface area contributed by atoms with Crippen LogP contribution in [-0.4, -0.2) is 30.1 Å². The second-order valence-electron chi connectivity index (χ2n) is 6.09. The van der Waals surface area contributed by atoms with Crippen molar-refractivity contribution in [2.45, 2.75) is 58.9 Å². The normalized spacial score (nSPS) is 15.6. The van der Waals surface area contributed by atoms with Crippen molar-refractivity contribution in [3.63, 3.8) is 0 Å². The van der Waals surface area contributed by atoms with Gasteiger partial charge in [-0.1, -0.05) is 26.7 Å². The van der Waals surface area contributed by atoms with E-state index in [1.807, 2.05) is 12.3 Å². The van der Waals surface area contributed by atoms with Gasteiger partial charge < -0.3 is 9.64 Å². The summed E-state index contributed by atoms with van der Waals surface area (Å²) in [6.45, 7) is 7.79. The highest BCUT2D eigenvalue weighted by Crippen LogP contribution is 2.31. The van der Waals surface area contributed by atoms with E-state index < -0.39 is 0 Å². The van der Waals surface area contributed by atoms with Gasteiger partial charge in [-0.05, 0) is 25.7 Å². The van der Waals surface area contributed by atoms with Crippen molar-refractivity contribution in [3.05, 3.63) is 11.1 Å². The summed E-state index contributed by atoms with van der Waals surface area (Å²) in [6, 6.07) is 0.619. The molecule has 1 heterocycles. The number of ether oxygens (including phenoxy) is 1. The molecule has 0 spiro atoms. The molecule has 0 aliphatic heterocycles. The minimum Gasteiger partial charge on any atom is -0.466 e. The number of hydrogen-bond donors (Lipinski definition) is 0. The van der Waals surface area contributed by atoms with Gasteiger partial charge in [-0.2, -0.15) is 0 Å². The largest absolute Gasteiger partial charge is 0.466 e. The topological polar surface area (TPSA) is 42.4 Å². The molecule has 2 rings (SSSR count). The Bertz CT molecular complexity index is 453. The number of rotatable bonds is 7. The van der Waals surface area contributed by atoms with Gasteiger partial charge in [0.25, 0.3) is 0 Å². The van der Waals surface area contributed by atoms with Crippen molar-refractivity contribution >= 4 is 22.4 Å². The van der Waals surface area contributed by atoms with Gasteiger partial charge in [0.2, 0.25) is 0 Å². The molecule has 21 heavy (non-hydrogen) atoms. The number of anilines is 1. The summed E-state index contributed by atoms with van der Waals surface area (Å²) in [5, 5.41) is 3.06. The second-order valence-corrected chi connectivity index (χ2v) is 6.92. The molecule has 5 heteroatoms. The zero-order valence-corrected chi connectivity index (χ0v) is 14.1. The summed E-state index contributed by atoms with van der Waals surface area (Å²) in [5.41, 5.74) is 0.834. The third-order valence-electron chi connectivity index (χ3n) is 3.74. The second kappa shape index (κ2) is 7.78. The Labute approximate surface area is 131 Å². The number of esters is 1. The van der Waals surface area contributed by atoms with Crippen LogP contribution < -0.4 is 4.90 Å². The van der Waals surface area contributed by atoms with Crippen LogP contribution in [0.5, 0.6) is 0 Å². The summed E-state index contributed by atoms with van der Waals surface area (Å²) in [5.74, 6) is 0.425. The molecule has 1 aliphatic carbocycles. The van der Waals surface area contributed by atoms with E-state index >= 15 is 0 Å². The third-order valence-corrected chi connectivity index (χ3v) is 4.67. The molecular formula is C16H26N2O2S. The van der Waals surface area contributed by atoms with E-state index in [0.29, 0.717) is 18.6 Å². The summed E-state index contributed by atoms with van der Waals surface area (Å²) >= 11 is 1.65. The maximum absolute atomic E-state index is 11.6. The van der Waals surface area contributed by atoms with Gasteiger partial charge in [0, 0.05) is 18.0 Å². The van der Waals surface area contributed by atoms with Crippen LogP contribution in [0.3, 0.4) is 0 Å². The van der Waals surface area contributed by atoms with Crippen molar-refractivity contribution in [2.24, 2.45) is 5.92 Å². The summed E-state index contributed by atoms with van der Waals surface area (Å²) in [7, 11) is 0.